The molecule has 0 spiro atoms. The molecule has 3 rings (SSSR count). The lowest BCUT2D eigenvalue weighted by atomic mass is 9.92. The second-order valence-corrected chi connectivity index (χ2v) is 6.21. The third kappa shape index (κ3) is 3.57. The number of aromatic nitrogens is 2. The summed E-state index contributed by atoms with van der Waals surface area (Å²) in [5.74, 6) is 1.08. The van der Waals surface area contributed by atoms with Gasteiger partial charge in [0.25, 0.3) is 0 Å². The van der Waals surface area contributed by atoms with Crippen LogP contribution in [0.15, 0.2) is 30.3 Å². The summed E-state index contributed by atoms with van der Waals surface area (Å²) in [6, 6.07) is 10.1. The normalized spacial score (nSPS) is 19.1. The summed E-state index contributed by atoms with van der Waals surface area (Å²) >= 11 is 6.01. The number of ether oxygens (including phenoxy) is 1. The first-order valence-electron chi connectivity index (χ1n) is 7.54. The van der Waals surface area contributed by atoms with Crippen LogP contribution in [0.2, 0.25) is 5.02 Å². The van der Waals surface area contributed by atoms with Gasteiger partial charge in [-0.05, 0) is 44.0 Å². The fourth-order valence-electron chi connectivity index (χ4n) is 2.89. The van der Waals surface area contributed by atoms with E-state index in [9.17, 15) is 0 Å². The fraction of sp³-hybridized carbons (Fsp3) is 0.412. The van der Waals surface area contributed by atoms with Gasteiger partial charge in [0.2, 0.25) is 5.95 Å². The van der Waals surface area contributed by atoms with Crippen LogP contribution in [0, 0.1) is 19.8 Å². The zero-order valence-electron chi connectivity index (χ0n) is 12.8. The molecule has 116 valence electrons. The molecule has 22 heavy (non-hydrogen) atoms. The van der Waals surface area contributed by atoms with Gasteiger partial charge < -0.3 is 10.1 Å². The molecule has 1 aromatic heterocycles. The van der Waals surface area contributed by atoms with Crippen LogP contribution < -0.4 is 5.32 Å². The van der Waals surface area contributed by atoms with Crippen LogP contribution in [-0.4, -0.2) is 23.2 Å². The highest BCUT2D eigenvalue weighted by atomic mass is 35.5. The molecule has 1 aromatic carbocycles. The number of anilines is 1. The lowest BCUT2D eigenvalue weighted by molar-refractivity contribution is 0.182. The molecule has 1 saturated heterocycles. The molecule has 0 radical (unpaired) electrons. The van der Waals surface area contributed by atoms with Crippen LogP contribution in [0.5, 0.6) is 0 Å². The van der Waals surface area contributed by atoms with Gasteiger partial charge in [0.15, 0.2) is 0 Å². The molecule has 1 aliphatic rings. The minimum Gasteiger partial charge on any atom is -0.381 e. The second kappa shape index (κ2) is 6.63. The second-order valence-electron chi connectivity index (χ2n) is 5.77. The monoisotopic (exact) mass is 317 g/mol. The Bertz CT molecular complexity index is 619. The van der Waals surface area contributed by atoms with Crippen molar-refractivity contribution in [2.24, 2.45) is 5.92 Å². The maximum absolute atomic E-state index is 6.01. The number of aryl methyl sites for hydroxylation is 2. The van der Waals surface area contributed by atoms with Crippen LogP contribution in [0.3, 0.4) is 0 Å². The predicted octanol–water partition coefficient (Wildman–Crippen LogP) is 3.94. The Hall–Kier alpha value is -1.65. The molecule has 0 bridgehead atoms. The van der Waals surface area contributed by atoms with E-state index in [2.05, 4.69) is 27.4 Å². The molecule has 0 unspecified atom stereocenters. The first-order chi connectivity index (χ1) is 10.6. The van der Waals surface area contributed by atoms with E-state index in [1.54, 1.807) is 0 Å². The molecule has 1 aliphatic heterocycles. The van der Waals surface area contributed by atoms with E-state index in [-0.39, 0.29) is 6.04 Å². The zero-order valence-corrected chi connectivity index (χ0v) is 13.6. The van der Waals surface area contributed by atoms with E-state index < -0.39 is 0 Å². The molecule has 0 aliphatic carbocycles. The van der Waals surface area contributed by atoms with Crippen LogP contribution in [-0.2, 0) is 4.74 Å². The van der Waals surface area contributed by atoms with Gasteiger partial charge in [0.1, 0.15) is 0 Å². The van der Waals surface area contributed by atoms with Gasteiger partial charge >= 0.3 is 0 Å². The van der Waals surface area contributed by atoms with E-state index in [4.69, 9.17) is 16.3 Å². The largest absolute Gasteiger partial charge is 0.381 e. The van der Waals surface area contributed by atoms with Gasteiger partial charge in [-0.2, -0.15) is 0 Å². The lowest BCUT2D eigenvalue weighted by Gasteiger charge is -2.24. The van der Waals surface area contributed by atoms with Gasteiger partial charge in [-0.15, -0.1) is 0 Å². The molecule has 1 N–H and O–H groups in total. The van der Waals surface area contributed by atoms with Crippen LogP contribution in [0.25, 0.3) is 0 Å². The molecule has 0 saturated carbocycles. The maximum atomic E-state index is 6.01. The highest BCUT2D eigenvalue weighted by Crippen LogP contribution is 2.32. The van der Waals surface area contributed by atoms with Crippen molar-refractivity contribution in [2.75, 3.05) is 18.5 Å². The Morgan fingerprint density at radius 3 is 2.45 bits per heavy atom. The molecule has 2 aromatic rings. The number of nitrogens with one attached hydrogen (secondary N) is 1. The third-order valence-corrected chi connectivity index (χ3v) is 4.18. The van der Waals surface area contributed by atoms with Crippen LogP contribution in [0.4, 0.5) is 5.95 Å². The van der Waals surface area contributed by atoms with Crippen molar-refractivity contribution in [1.29, 1.82) is 0 Å². The van der Waals surface area contributed by atoms with Crippen LogP contribution in [0.1, 0.15) is 29.4 Å². The van der Waals surface area contributed by atoms with E-state index in [1.165, 1.54) is 5.56 Å². The van der Waals surface area contributed by atoms with Gasteiger partial charge in [-0.25, -0.2) is 9.97 Å². The molecule has 4 nitrogen and oxygen atoms in total. The molecule has 1 fully saturated rings. The first-order valence-corrected chi connectivity index (χ1v) is 7.91. The number of nitrogens with zero attached hydrogens (tertiary/aromatic N) is 2. The minimum absolute atomic E-state index is 0.126. The Labute approximate surface area is 135 Å². The summed E-state index contributed by atoms with van der Waals surface area (Å²) in [5.41, 5.74) is 3.11. The number of benzene rings is 1. The number of hydrogen-bond donors (Lipinski definition) is 1. The van der Waals surface area contributed by atoms with E-state index in [0.717, 1.165) is 36.0 Å². The van der Waals surface area contributed by atoms with E-state index >= 15 is 0 Å². The van der Waals surface area contributed by atoms with Crippen molar-refractivity contribution in [3.05, 3.63) is 52.3 Å². The number of halogens is 1. The lowest BCUT2D eigenvalue weighted by Crippen LogP contribution is -2.22. The standard InChI is InChI=1S/C17H20ClN3O/c1-11-9-12(2)20-17(19-11)21-16(14-7-8-22-10-14)13-3-5-15(18)6-4-13/h3-6,9,14,16H,7-8,10H2,1-2H3,(H,19,20,21)/t14-,16+/m1/s1. The smallest absolute Gasteiger partial charge is 0.223 e. The predicted molar refractivity (Wildman–Crippen MR) is 88.2 cm³/mol. The summed E-state index contributed by atoms with van der Waals surface area (Å²) in [7, 11) is 0. The SMILES string of the molecule is Cc1cc(C)nc(N[C@@H](c2ccc(Cl)cc2)[C@@H]2CCOC2)n1. The third-order valence-electron chi connectivity index (χ3n) is 3.93. The van der Waals surface area contributed by atoms with Crippen molar-refractivity contribution in [3.8, 4) is 0 Å². The topological polar surface area (TPSA) is 47.0 Å². The maximum Gasteiger partial charge on any atom is 0.223 e. The van der Waals surface area contributed by atoms with Gasteiger partial charge in [-0.3, -0.25) is 0 Å². The summed E-state index contributed by atoms with van der Waals surface area (Å²) in [6.45, 7) is 5.53. The fourth-order valence-corrected chi connectivity index (χ4v) is 3.01. The summed E-state index contributed by atoms with van der Waals surface area (Å²) in [5, 5.41) is 4.24. The highest BCUT2D eigenvalue weighted by molar-refractivity contribution is 6.30. The quantitative estimate of drug-likeness (QED) is 0.928. The first kappa shape index (κ1) is 15.3. The average molecular weight is 318 g/mol. The van der Waals surface area contributed by atoms with Crippen molar-refractivity contribution in [3.63, 3.8) is 0 Å². The van der Waals surface area contributed by atoms with Crippen molar-refractivity contribution in [1.82, 2.24) is 9.97 Å². The molecular formula is C17H20ClN3O. The Morgan fingerprint density at radius 2 is 1.86 bits per heavy atom. The van der Waals surface area contributed by atoms with E-state index in [1.807, 2.05) is 32.0 Å². The Kier molecular flexibility index (Phi) is 4.60. The van der Waals surface area contributed by atoms with Crippen LogP contribution >= 0.6 is 11.6 Å². The van der Waals surface area contributed by atoms with Gasteiger partial charge in [0, 0.05) is 28.9 Å². The minimum atomic E-state index is 0.126. The summed E-state index contributed by atoms with van der Waals surface area (Å²) in [6.07, 6.45) is 1.03. The highest BCUT2D eigenvalue weighted by Gasteiger charge is 2.27. The van der Waals surface area contributed by atoms with Crippen molar-refractivity contribution in [2.45, 2.75) is 26.3 Å². The van der Waals surface area contributed by atoms with Crippen molar-refractivity contribution >= 4 is 17.5 Å². The summed E-state index contributed by atoms with van der Waals surface area (Å²) in [4.78, 5) is 9.00. The number of rotatable bonds is 4. The molecule has 0 amide bonds. The Morgan fingerprint density at radius 1 is 1.18 bits per heavy atom. The molecular weight excluding hydrogens is 298 g/mol. The molecule has 2 heterocycles. The average Bonchev–Trinajstić information content (AvgIpc) is 2.99. The number of hydrogen-bond acceptors (Lipinski definition) is 4. The summed E-state index contributed by atoms with van der Waals surface area (Å²) < 4.78 is 5.56. The van der Waals surface area contributed by atoms with Gasteiger partial charge in [-0.1, -0.05) is 23.7 Å². The Balaban J connectivity index is 1.89. The zero-order chi connectivity index (χ0) is 15.5. The van der Waals surface area contributed by atoms with E-state index in [0.29, 0.717) is 11.9 Å². The molecule has 5 heteroatoms. The van der Waals surface area contributed by atoms with Gasteiger partial charge in [0.05, 0.1) is 12.6 Å². The van der Waals surface area contributed by atoms with Crippen molar-refractivity contribution < 1.29 is 4.74 Å². The molecule has 2 atom stereocenters.